The van der Waals surface area contributed by atoms with E-state index in [-0.39, 0.29) is 18.6 Å². The summed E-state index contributed by atoms with van der Waals surface area (Å²) in [5.74, 6) is -1.68. The van der Waals surface area contributed by atoms with Crippen LogP contribution in [0.2, 0.25) is 0 Å². The van der Waals surface area contributed by atoms with Crippen molar-refractivity contribution in [2.75, 3.05) is 6.61 Å². The molecule has 1 heterocycles. The fourth-order valence-corrected chi connectivity index (χ4v) is 1.52. The fraction of sp³-hybridized carbons (Fsp3) is 0.417. The lowest BCUT2D eigenvalue weighted by Crippen LogP contribution is -2.11. The third-order valence-electron chi connectivity index (χ3n) is 2.26. The second kappa shape index (κ2) is 6.00. The molecule has 0 saturated heterocycles. The highest BCUT2D eigenvalue weighted by molar-refractivity contribution is 5.98. The van der Waals surface area contributed by atoms with Crippen LogP contribution in [0.15, 0.2) is 11.8 Å². The number of aliphatic carboxylic acids is 1. The number of carbonyl (C=O) groups is 2. The van der Waals surface area contributed by atoms with Crippen LogP contribution in [0, 0.1) is 6.92 Å². The lowest BCUT2D eigenvalue weighted by Gasteiger charge is -2.04. The average Bonchev–Trinajstić information content (AvgIpc) is 2.56. The first kappa shape index (κ1) is 14.0. The van der Waals surface area contributed by atoms with E-state index < -0.39 is 11.9 Å². The number of carbonyl (C=O) groups excluding carboxylic acids is 1. The zero-order valence-corrected chi connectivity index (χ0v) is 10.6. The Bertz CT molecular complexity index is 488. The molecule has 1 aromatic heterocycles. The molecule has 98 valence electrons. The van der Waals surface area contributed by atoms with Gasteiger partial charge in [0.2, 0.25) is 0 Å². The lowest BCUT2D eigenvalue weighted by atomic mass is 10.1. The van der Waals surface area contributed by atoms with E-state index in [0.29, 0.717) is 5.56 Å². The topological polar surface area (TPSA) is 81.4 Å². The number of nitrogens with zero attached hydrogens (tertiary/aromatic N) is 2. The van der Waals surface area contributed by atoms with E-state index in [1.54, 1.807) is 31.8 Å². The summed E-state index contributed by atoms with van der Waals surface area (Å²) in [5.41, 5.74) is 1.55. The van der Waals surface area contributed by atoms with Crippen LogP contribution in [0.25, 0.3) is 6.08 Å². The van der Waals surface area contributed by atoms with Crippen molar-refractivity contribution in [3.63, 3.8) is 0 Å². The summed E-state index contributed by atoms with van der Waals surface area (Å²) in [6.07, 6.45) is 2.86. The Morgan fingerprint density at radius 3 is 2.67 bits per heavy atom. The Morgan fingerprint density at radius 1 is 1.56 bits per heavy atom. The van der Waals surface area contributed by atoms with Crippen molar-refractivity contribution in [3.8, 4) is 0 Å². The number of ether oxygens (including phenoxy) is 1. The van der Waals surface area contributed by atoms with Gasteiger partial charge in [0.05, 0.1) is 18.7 Å². The van der Waals surface area contributed by atoms with Crippen molar-refractivity contribution in [1.82, 2.24) is 9.78 Å². The first-order chi connectivity index (χ1) is 8.43. The molecule has 0 aliphatic carbocycles. The molecular formula is C12H16N2O4. The summed E-state index contributed by atoms with van der Waals surface area (Å²) in [6.45, 7) is 3.67. The first-order valence-electron chi connectivity index (χ1n) is 5.53. The molecule has 6 heteroatoms. The van der Waals surface area contributed by atoms with Crippen LogP contribution in [0.1, 0.15) is 24.6 Å². The van der Waals surface area contributed by atoms with E-state index in [4.69, 9.17) is 9.84 Å². The molecule has 0 bridgehead atoms. The summed E-state index contributed by atoms with van der Waals surface area (Å²) < 4.78 is 6.43. The van der Waals surface area contributed by atoms with E-state index >= 15 is 0 Å². The van der Waals surface area contributed by atoms with Gasteiger partial charge in [-0.3, -0.25) is 9.48 Å². The zero-order chi connectivity index (χ0) is 13.7. The molecule has 1 N–H and O–H groups in total. The smallest absolute Gasteiger partial charge is 0.334 e. The van der Waals surface area contributed by atoms with Gasteiger partial charge >= 0.3 is 11.9 Å². The number of aromatic nitrogens is 2. The van der Waals surface area contributed by atoms with E-state index in [2.05, 4.69) is 5.10 Å². The summed E-state index contributed by atoms with van der Waals surface area (Å²) in [4.78, 5) is 22.3. The Labute approximate surface area is 105 Å². The van der Waals surface area contributed by atoms with Crippen molar-refractivity contribution in [1.29, 1.82) is 0 Å². The van der Waals surface area contributed by atoms with Crippen LogP contribution in [-0.2, 0) is 21.4 Å². The monoisotopic (exact) mass is 252 g/mol. The van der Waals surface area contributed by atoms with Gasteiger partial charge < -0.3 is 9.84 Å². The standard InChI is InChI=1S/C12H16N2O4/c1-4-18-12(17)9(6-11(15)16)5-10-7-14(3)13-8(10)2/h5,7H,4,6H2,1-3H3,(H,15,16). The van der Waals surface area contributed by atoms with Crippen LogP contribution < -0.4 is 0 Å². The number of hydrogen-bond acceptors (Lipinski definition) is 4. The largest absolute Gasteiger partial charge is 0.481 e. The Kier molecular flexibility index (Phi) is 4.65. The van der Waals surface area contributed by atoms with Crippen LogP contribution in [0.5, 0.6) is 0 Å². The Balaban J connectivity index is 3.05. The molecule has 0 atom stereocenters. The molecule has 0 saturated carbocycles. The first-order valence-corrected chi connectivity index (χ1v) is 5.53. The van der Waals surface area contributed by atoms with Gasteiger partial charge in [-0.2, -0.15) is 5.10 Å². The van der Waals surface area contributed by atoms with Gasteiger partial charge in [-0.05, 0) is 19.9 Å². The van der Waals surface area contributed by atoms with Gasteiger partial charge in [0.1, 0.15) is 0 Å². The van der Waals surface area contributed by atoms with E-state index in [9.17, 15) is 9.59 Å². The molecule has 0 aliphatic rings. The van der Waals surface area contributed by atoms with Crippen molar-refractivity contribution in [3.05, 3.63) is 23.0 Å². The van der Waals surface area contributed by atoms with E-state index in [1.165, 1.54) is 6.08 Å². The highest BCUT2D eigenvalue weighted by atomic mass is 16.5. The predicted molar refractivity (Wildman–Crippen MR) is 64.8 cm³/mol. The third-order valence-corrected chi connectivity index (χ3v) is 2.26. The summed E-state index contributed by atoms with van der Waals surface area (Å²) >= 11 is 0. The average molecular weight is 252 g/mol. The summed E-state index contributed by atoms with van der Waals surface area (Å²) in [7, 11) is 1.76. The van der Waals surface area contributed by atoms with E-state index in [1.807, 2.05) is 0 Å². The number of hydrogen-bond donors (Lipinski definition) is 1. The molecule has 0 aromatic carbocycles. The van der Waals surface area contributed by atoms with E-state index in [0.717, 1.165) is 5.69 Å². The van der Waals surface area contributed by atoms with Crippen molar-refractivity contribution >= 4 is 18.0 Å². The molecule has 0 spiro atoms. The van der Waals surface area contributed by atoms with Crippen molar-refractivity contribution in [2.24, 2.45) is 7.05 Å². The fourth-order valence-electron chi connectivity index (χ4n) is 1.52. The molecule has 1 rings (SSSR count). The Morgan fingerprint density at radius 2 is 2.22 bits per heavy atom. The number of aryl methyl sites for hydroxylation is 2. The molecule has 0 unspecified atom stereocenters. The maximum atomic E-state index is 11.6. The van der Waals surface area contributed by atoms with Gasteiger partial charge in [-0.1, -0.05) is 0 Å². The second-order valence-corrected chi connectivity index (χ2v) is 3.80. The molecule has 0 radical (unpaired) electrons. The SMILES string of the molecule is CCOC(=O)C(=Cc1cn(C)nc1C)CC(=O)O. The highest BCUT2D eigenvalue weighted by Gasteiger charge is 2.15. The molecule has 0 fully saturated rings. The van der Waals surface area contributed by atoms with Crippen LogP contribution >= 0.6 is 0 Å². The molecular weight excluding hydrogens is 236 g/mol. The quantitative estimate of drug-likeness (QED) is 0.628. The van der Waals surface area contributed by atoms with Gasteiger partial charge in [-0.25, -0.2) is 4.79 Å². The minimum Gasteiger partial charge on any atom is -0.481 e. The third kappa shape index (κ3) is 3.73. The second-order valence-electron chi connectivity index (χ2n) is 3.80. The van der Waals surface area contributed by atoms with Gasteiger partial charge in [0.15, 0.2) is 0 Å². The number of esters is 1. The normalized spacial score (nSPS) is 11.4. The summed E-state index contributed by atoms with van der Waals surface area (Å²) in [5, 5.41) is 12.9. The van der Waals surface area contributed by atoms with Crippen LogP contribution in [-0.4, -0.2) is 33.4 Å². The zero-order valence-electron chi connectivity index (χ0n) is 10.6. The predicted octanol–water partition coefficient (Wildman–Crippen LogP) is 1.15. The maximum Gasteiger partial charge on any atom is 0.334 e. The minimum atomic E-state index is -1.07. The van der Waals surface area contributed by atoms with Crippen LogP contribution in [0.4, 0.5) is 0 Å². The molecule has 1 aromatic rings. The minimum absolute atomic E-state index is 0.112. The van der Waals surface area contributed by atoms with Crippen molar-refractivity contribution < 1.29 is 19.4 Å². The van der Waals surface area contributed by atoms with Gasteiger partial charge in [-0.15, -0.1) is 0 Å². The molecule has 0 aliphatic heterocycles. The van der Waals surface area contributed by atoms with Gasteiger partial charge in [0, 0.05) is 24.4 Å². The Hall–Kier alpha value is -2.11. The number of carboxylic acids is 1. The highest BCUT2D eigenvalue weighted by Crippen LogP contribution is 2.14. The number of rotatable bonds is 5. The van der Waals surface area contributed by atoms with Crippen molar-refractivity contribution in [2.45, 2.75) is 20.3 Å². The lowest BCUT2D eigenvalue weighted by molar-refractivity contribution is -0.142. The maximum absolute atomic E-state index is 11.6. The summed E-state index contributed by atoms with van der Waals surface area (Å²) in [6, 6.07) is 0. The number of carboxylic acid groups (broad SMARTS) is 1. The molecule has 18 heavy (non-hydrogen) atoms. The molecule has 0 amide bonds. The van der Waals surface area contributed by atoms with Gasteiger partial charge in [0.25, 0.3) is 0 Å². The molecule has 6 nitrogen and oxygen atoms in total. The van der Waals surface area contributed by atoms with Crippen LogP contribution in [0.3, 0.4) is 0 Å².